The van der Waals surface area contributed by atoms with E-state index < -0.39 is 0 Å². The van der Waals surface area contributed by atoms with Crippen molar-refractivity contribution in [1.29, 1.82) is 0 Å². The number of hydrogen-bond donors (Lipinski definition) is 2. The van der Waals surface area contributed by atoms with Gasteiger partial charge in [0.25, 0.3) is 0 Å². The number of carbonyl (C=O) groups excluding carboxylic acids is 2. The van der Waals surface area contributed by atoms with Crippen LogP contribution in [0.4, 0.5) is 4.39 Å². The van der Waals surface area contributed by atoms with Gasteiger partial charge in [-0.25, -0.2) is 4.39 Å². The van der Waals surface area contributed by atoms with Crippen LogP contribution < -0.4 is 11.1 Å². The molecule has 1 fully saturated rings. The predicted octanol–water partition coefficient (Wildman–Crippen LogP) is 1.23. The Balaban J connectivity index is 0.00000242. The largest absolute Gasteiger partial charge is 0.346 e. The molecule has 5 nitrogen and oxygen atoms in total. The van der Waals surface area contributed by atoms with E-state index in [0.29, 0.717) is 6.54 Å². The van der Waals surface area contributed by atoms with Crippen LogP contribution in [0.1, 0.15) is 24.9 Å². The molecular formula is C15H21ClFN3O2. The number of carbonyl (C=O) groups is 2. The zero-order chi connectivity index (χ0) is 15.4. The average molecular weight is 330 g/mol. The molecule has 2 atom stereocenters. The van der Waals surface area contributed by atoms with E-state index in [0.717, 1.165) is 12.0 Å². The van der Waals surface area contributed by atoms with Crippen molar-refractivity contribution in [2.75, 3.05) is 19.6 Å². The summed E-state index contributed by atoms with van der Waals surface area (Å²) in [7, 11) is 0. The number of rotatable bonds is 4. The SMILES string of the molecule is CC1CCN(C(=O)CNC(=O)CN)C1c1cccc(F)c1.Cl. The highest BCUT2D eigenvalue weighted by molar-refractivity contribution is 5.86. The van der Waals surface area contributed by atoms with Gasteiger partial charge in [0, 0.05) is 6.54 Å². The maximum Gasteiger partial charge on any atom is 0.242 e. The standard InChI is InChI=1S/C15H20FN3O2.ClH/c1-10-5-6-19(14(21)9-18-13(20)8-17)15(10)11-3-2-4-12(16)7-11;/h2-4,7,10,15H,5-6,8-9,17H2,1H3,(H,18,20);1H. The summed E-state index contributed by atoms with van der Waals surface area (Å²) in [5, 5.41) is 2.48. The van der Waals surface area contributed by atoms with Crippen LogP contribution in [-0.4, -0.2) is 36.3 Å². The number of amides is 2. The Morgan fingerprint density at radius 2 is 2.18 bits per heavy atom. The summed E-state index contributed by atoms with van der Waals surface area (Å²) in [6.07, 6.45) is 0.859. The summed E-state index contributed by atoms with van der Waals surface area (Å²) in [5.41, 5.74) is 5.98. The third kappa shape index (κ3) is 4.18. The first-order valence-electron chi connectivity index (χ1n) is 7.04. The Labute approximate surface area is 135 Å². The number of hydrogen-bond acceptors (Lipinski definition) is 3. The maximum atomic E-state index is 13.4. The van der Waals surface area contributed by atoms with Gasteiger partial charge in [0.2, 0.25) is 11.8 Å². The first kappa shape index (κ1) is 18.4. The lowest BCUT2D eigenvalue weighted by atomic mass is 9.95. The molecular weight excluding hydrogens is 309 g/mol. The summed E-state index contributed by atoms with van der Waals surface area (Å²) >= 11 is 0. The minimum atomic E-state index is -0.363. The van der Waals surface area contributed by atoms with Crippen LogP contribution in [0.15, 0.2) is 24.3 Å². The van der Waals surface area contributed by atoms with Crippen LogP contribution in [-0.2, 0) is 9.59 Å². The van der Waals surface area contributed by atoms with Crippen molar-refractivity contribution in [2.24, 2.45) is 11.7 Å². The molecule has 0 saturated carbocycles. The van der Waals surface area contributed by atoms with Crippen LogP contribution in [0.3, 0.4) is 0 Å². The lowest BCUT2D eigenvalue weighted by molar-refractivity contribution is -0.133. The minimum absolute atomic E-state index is 0. The van der Waals surface area contributed by atoms with E-state index >= 15 is 0 Å². The van der Waals surface area contributed by atoms with Crippen molar-refractivity contribution in [3.05, 3.63) is 35.6 Å². The molecule has 1 heterocycles. The zero-order valence-corrected chi connectivity index (χ0v) is 13.2. The predicted molar refractivity (Wildman–Crippen MR) is 83.9 cm³/mol. The quantitative estimate of drug-likeness (QED) is 0.872. The molecule has 2 amide bonds. The average Bonchev–Trinajstić information content (AvgIpc) is 2.86. The van der Waals surface area contributed by atoms with Crippen LogP contribution in [0.5, 0.6) is 0 Å². The molecule has 0 aromatic heterocycles. The Bertz CT molecular complexity index is 541. The van der Waals surface area contributed by atoms with E-state index in [1.807, 2.05) is 13.0 Å². The second-order valence-corrected chi connectivity index (χ2v) is 5.33. The van der Waals surface area contributed by atoms with Crippen molar-refractivity contribution in [1.82, 2.24) is 10.2 Å². The van der Waals surface area contributed by atoms with Gasteiger partial charge in [-0.05, 0) is 30.0 Å². The minimum Gasteiger partial charge on any atom is -0.346 e. The number of nitrogens with two attached hydrogens (primary N) is 1. The Morgan fingerprint density at radius 3 is 2.82 bits per heavy atom. The smallest absolute Gasteiger partial charge is 0.242 e. The maximum absolute atomic E-state index is 13.4. The topological polar surface area (TPSA) is 75.4 Å². The van der Waals surface area contributed by atoms with Crippen LogP contribution in [0.2, 0.25) is 0 Å². The van der Waals surface area contributed by atoms with Crippen molar-refractivity contribution in [2.45, 2.75) is 19.4 Å². The highest BCUT2D eigenvalue weighted by atomic mass is 35.5. The second-order valence-electron chi connectivity index (χ2n) is 5.33. The van der Waals surface area contributed by atoms with Gasteiger partial charge in [0.15, 0.2) is 0 Å². The molecule has 1 aliphatic rings. The zero-order valence-electron chi connectivity index (χ0n) is 12.4. The van der Waals surface area contributed by atoms with Crippen molar-refractivity contribution in [3.8, 4) is 0 Å². The molecule has 1 aliphatic heterocycles. The molecule has 2 unspecified atom stereocenters. The number of likely N-dealkylation sites (tertiary alicyclic amines) is 1. The number of nitrogens with one attached hydrogen (secondary N) is 1. The fourth-order valence-corrected chi connectivity index (χ4v) is 2.77. The second kappa shape index (κ2) is 8.10. The fourth-order valence-electron chi connectivity index (χ4n) is 2.77. The third-order valence-electron chi connectivity index (χ3n) is 3.83. The van der Waals surface area contributed by atoms with Gasteiger partial charge in [-0.2, -0.15) is 0 Å². The van der Waals surface area contributed by atoms with E-state index in [1.165, 1.54) is 12.1 Å². The number of benzene rings is 1. The summed E-state index contributed by atoms with van der Waals surface area (Å²) in [6, 6.07) is 6.17. The van der Waals surface area contributed by atoms with Gasteiger partial charge in [0.05, 0.1) is 19.1 Å². The van der Waals surface area contributed by atoms with Gasteiger partial charge < -0.3 is 16.0 Å². The van der Waals surface area contributed by atoms with E-state index in [1.54, 1.807) is 11.0 Å². The molecule has 0 spiro atoms. The first-order chi connectivity index (χ1) is 10.0. The lowest BCUT2D eigenvalue weighted by Gasteiger charge is -2.27. The molecule has 2 rings (SSSR count). The number of nitrogens with zero attached hydrogens (tertiary/aromatic N) is 1. The first-order valence-corrected chi connectivity index (χ1v) is 7.04. The van der Waals surface area contributed by atoms with E-state index in [2.05, 4.69) is 5.32 Å². The summed E-state index contributed by atoms with van der Waals surface area (Å²) in [4.78, 5) is 25.1. The molecule has 1 aromatic rings. The van der Waals surface area contributed by atoms with Gasteiger partial charge in [-0.15, -0.1) is 12.4 Å². The van der Waals surface area contributed by atoms with Gasteiger partial charge in [0.1, 0.15) is 5.82 Å². The van der Waals surface area contributed by atoms with Crippen LogP contribution in [0.25, 0.3) is 0 Å². The van der Waals surface area contributed by atoms with Gasteiger partial charge in [-0.1, -0.05) is 19.1 Å². The molecule has 1 saturated heterocycles. The monoisotopic (exact) mass is 329 g/mol. The fraction of sp³-hybridized carbons (Fsp3) is 0.467. The van der Waals surface area contributed by atoms with Crippen molar-refractivity contribution >= 4 is 24.2 Å². The highest BCUT2D eigenvalue weighted by Crippen LogP contribution is 2.36. The highest BCUT2D eigenvalue weighted by Gasteiger charge is 2.35. The molecule has 22 heavy (non-hydrogen) atoms. The molecule has 122 valence electrons. The molecule has 1 aromatic carbocycles. The summed E-state index contributed by atoms with van der Waals surface area (Å²) in [6.45, 7) is 2.44. The third-order valence-corrected chi connectivity index (χ3v) is 3.83. The Morgan fingerprint density at radius 1 is 1.45 bits per heavy atom. The molecule has 7 heteroatoms. The molecule has 0 radical (unpaired) electrons. The van der Waals surface area contributed by atoms with Crippen LogP contribution >= 0.6 is 12.4 Å². The molecule has 3 N–H and O–H groups in total. The number of halogens is 2. The normalized spacial score (nSPS) is 20.4. The van der Waals surface area contributed by atoms with Gasteiger partial charge in [-0.3, -0.25) is 9.59 Å². The summed E-state index contributed by atoms with van der Waals surface area (Å²) < 4.78 is 13.4. The lowest BCUT2D eigenvalue weighted by Crippen LogP contribution is -2.42. The Hall–Kier alpha value is -1.66. The summed E-state index contributed by atoms with van der Waals surface area (Å²) in [5.74, 6) is -0.593. The van der Waals surface area contributed by atoms with E-state index in [9.17, 15) is 14.0 Å². The molecule has 0 aliphatic carbocycles. The van der Waals surface area contributed by atoms with E-state index in [4.69, 9.17) is 5.73 Å². The van der Waals surface area contributed by atoms with Crippen LogP contribution in [0, 0.1) is 11.7 Å². The Kier molecular flexibility index (Phi) is 6.77. The van der Waals surface area contributed by atoms with Crippen molar-refractivity contribution in [3.63, 3.8) is 0 Å². The van der Waals surface area contributed by atoms with Crippen molar-refractivity contribution < 1.29 is 14.0 Å². The van der Waals surface area contributed by atoms with E-state index in [-0.39, 0.29) is 55.1 Å². The molecule has 0 bridgehead atoms. The van der Waals surface area contributed by atoms with Gasteiger partial charge >= 0.3 is 0 Å².